The van der Waals surface area contributed by atoms with Crippen LogP contribution < -0.4 is 10.6 Å². The smallest absolute Gasteiger partial charge is 0.251 e. The summed E-state index contributed by atoms with van der Waals surface area (Å²) in [4.78, 5) is 24.3. The Morgan fingerprint density at radius 1 is 1.26 bits per heavy atom. The van der Waals surface area contributed by atoms with Gasteiger partial charge in [-0.15, -0.1) is 0 Å². The van der Waals surface area contributed by atoms with Gasteiger partial charge < -0.3 is 10.6 Å². The van der Waals surface area contributed by atoms with E-state index in [0.29, 0.717) is 17.0 Å². The number of carbonyl (C=O) groups excluding carboxylic acids is 2. The molecule has 0 bridgehead atoms. The van der Waals surface area contributed by atoms with Crippen molar-refractivity contribution in [1.82, 2.24) is 10.6 Å². The van der Waals surface area contributed by atoms with Gasteiger partial charge in [0, 0.05) is 10.6 Å². The zero-order valence-corrected chi connectivity index (χ0v) is 14.5. The molecule has 1 heterocycles. The van der Waals surface area contributed by atoms with E-state index in [4.69, 9.17) is 11.6 Å². The van der Waals surface area contributed by atoms with Crippen molar-refractivity contribution in [2.75, 3.05) is 11.5 Å². The van der Waals surface area contributed by atoms with Crippen LogP contribution in [0, 0.1) is 0 Å². The summed E-state index contributed by atoms with van der Waals surface area (Å²) in [7, 11) is -3.11. The van der Waals surface area contributed by atoms with Crippen LogP contribution in [-0.4, -0.2) is 43.3 Å². The fourth-order valence-corrected chi connectivity index (χ4v) is 4.68. The average Bonchev–Trinajstić information content (AvgIpc) is 2.72. The van der Waals surface area contributed by atoms with Crippen LogP contribution >= 0.6 is 11.6 Å². The zero-order valence-electron chi connectivity index (χ0n) is 12.9. The van der Waals surface area contributed by atoms with Gasteiger partial charge in [0.05, 0.1) is 17.0 Å². The molecule has 2 unspecified atom stereocenters. The molecule has 0 aromatic heterocycles. The first-order valence-corrected chi connectivity index (χ1v) is 9.39. The van der Waals surface area contributed by atoms with Gasteiger partial charge in [-0.05, 0) is 44.5 Å². The van der Waals surface area contributed by atoms with Crippen LogP contribution in [0.2, 0.25) is 5.02 Å². The Balaban J connectivity index is 1.95. The maximum atomic E-state index is 12.2. The highest BCUT2D eigenvalue weighted by Gasteiger charge is 2.40. The summed E-state index contributed by atoms with van der Waals surface area (Å²) < 4.78 is 23.1. The van der Waals surface area contributed by atoms with Crippen molar-refractivity contribution in [2.45, 2.75) is 31.8 Å². The number of benzene rings is 1. The van der Waals surface area contributed by atoms with Crippen molar-refractivity contribution in [2.24, 2.45) is 0 Å². The molecule has 0 radical (unpaired) electrons. The molecule has 23 heavy (non-hydrogen) atoms. The number of halogens is 1. The average molecular weight is 359 g/mol. The van der Waals surface area contributed by atoms with E-state index in [-0.39, 0.29) is 11.5 Å². The largest absolute Gasteiger partial charge is 0.348 e. The van der Waals surface area contributed by atoms with E-state index in [2.05, 4.69) is 10.6 Å². The van der Waals surface area contributed by atoms with Crippen LogP contribution in [0.4, 0.5) is 0 Å². The fraction of sp³-hybridized carbons (Fsp3) is 0.467. The Kier molecular flexibility index (Phi) is 5.01. The summed E-state index contributed by atoms with van der Waals surface area (Å²) in [6.45, 7) is 3.25. The van der Waals surface area contributed by atoms with Gasteiger partial charge in [-0.25, -0.2) is 8.42 Å². The van der Waals surface area contributed by atoms with E-state index in [1.54, 1.807) is 38.1 Å². The predicted molar refractivity (Wildman–Crippen MR) is 88.2 cm³/mol. The van der Waals surface area contributed by atoms with Gasteiger partial charge >= 0.3 is 0 Å². The first kappa shape index (κ1) is 17.7. The summed E-state index contributed by atoms with van der Waals surface area (Å²) in [6.07, 6.45) is 0.374. The van der Waals surface area contributed by atoms with Crippen LogP contribution in [0.1, 0.15) is 30.6 Å². The van der Waals surface area contributed by atoms with Crippen molar-refractivity contribution in [3.8, 4) is 0 Å². The van der Waals surface area contributed by atoms with Gasteiger partial charge in [0.25, 0.3) is 5.91 Å². The summed E-state index contributed by atoms with van der Waals surface area (Å²) in [5, 5.41) is 5.82. The molecule has 2 atom stereocenters. The molecule has 1 aromatic rings. The third kappa shape index (κ3) is 4.68. The monoisotopic (exact) mass is 358 g/mol. The molecule has 2 N–H and O–H groups in total. The van der Waals surface area contributed by atoms with Gasteiger partial charge in [0.15, 0.2) is 9.84 Å². The minimum absolute atomic E-state index is 0.0648. The van der Waals surface area contributed by atoms with Crippen molar-refractivity contribution in [3.63, 3.8) is 0 Å². The molecule has 2 rings (SSSR count). The highest BCUT2D eigenvalue weighted by atomic mass is 35.5. The Labute approximate surface area is 140 Å². The lowest BCUT2D eigenvalue weighted by Gasteiger charge is -2.26. The third-order valence-corrected chi connectivity index (χ3v) is 5.93. The normalized spacial score (nSPS) is 24.0. The highest BCUT2D eigenvalue weighted by Crippen LogP contribution is 2.22. The van der Waals surface area contributed by atoms with Crippen LogP contribution in [0.5, 0.6) is 0 Å². The maximum absolute atomic E-state index is 12.2. The lowest BCUT2D eigenvalue weighted by atomic mass is 10.0. The minimum Gasteiger partial charge on any atom is -0.348 e. The van der Waals surface area contributed by atoms with E-state index < -0.39 is 33.2 Å². The maximum Gasteiger partial charge on any atom is 0.251 e. The summed E-state index contributed by atoms with van der Waals surface area (Å²) in [5.41, 5.74) is -0.390. The number of amides is 2. The van der Waals surface area contributed by atoms with Crippen LogP contribution in [0.15, 0.2) is 24.3 Å². The summed E-state index contributed by atoms with van der Waals surface area (Å²) in [5.74, 6) is -0.820. The lowest BCUT2D eigenvalue weighted by Crippen LogP contribution is -2.54. The first-order valence-electron chi connectivity index (χ1n) is 7.19. The van der Waals surface area contributed by atoms with Gasteiger partial charge in [0.2, 0.25) is 5.91 Å². The van der Waals surface area contributed by atoms with E-state index in [9.17, 15) is 18.0 Å². The minimum atomic E-state index is -3.11. The quantitative estimate of drug-likeness (QED) is 0.844. The van der Waals surface area contributed by atoms with Crippen molar-refractivity contribution in [1.29, 1.82) is 0 Å². The molecule has 2 amide bonds. The number of nitrogens with one attached hydrogen (secondary N) is 2. The van der Waals surface area contributed by atoms with Gasteiger partial charge in [-0.3, -0.25) is 9.59 Å². The molecule has 126 valence electrons. The van der Waals surface area contributed by atoms with Gasteiger partial charge in [0.1, 0.15) is 6.04 Å². The topological polar surface area (TPSA) is 92.3 Å². The van der Waals surface area contributed by atoms with Crippen LogP contribution in [0.3, 0.4) is 0 Å². The number of hydrogen-bond donors (Lipinski definition) is 2. The second-order valence-corrected chi connectivity index (χ2v) is 8.71. The molecule has 1 aliphatic heterocycles. The second-order valence-electron chi connectivity index (χ2n) is 6.09. The van der Waals surface area contributed by atoms with E-state index >= 15 is 0 Å². The molecule has 1 fully saturated rings. The predicted octanol–water partition coefficient (Wildman–Crippen LogP) is 1.15. The lowest BCUT2D eigenvalue weighted by molar-refractivity contribution is -0.124. The highest BCUT2D eigenvalue weighted by molar-refractivity contribution is 7.91. The number of rotatable bonds is 4. The van der Waals surface area contributed by atoms with E-state index in [1.807, 2.05) is 0 Å². The summed E-state index contributed by atoms with van der Waals surface area (Å²) in [6, 6.07) is 5.52. The SMILES string of the molecule is CC(NC(=O)c1ccc(Cl)cc1)C(=O)NC1(C)CCS(=O)(=O)C1. The van der Waals surface area contributed by atoms with Gasteiger partial charge in [-0.1, -0.05) is 11.6 Å². The van der Waals surface area contributed by atoms with E-state index in [1.165, 1.54) is 0 Å². The first-order chi connectivity index (χ1) is 10.6. The second kappa shape index (κ2) is 6.49. The molecule has 1 saturated heterocycles. The number of sulfone groups is 1. The van der Waals surface area contributed by atoms with E-state index in [0.717, 1.165) is 0 Å². The molecule has 8 heteroatoms. The fourth-order valence-electron chi connectivity index (χ4n) is 2.46. The Bertz CT molecular complexity index is 717. The van der Waals surface area contributed by atoms with Crippen molar-refractivity contribution in [3.05, 3.63) is 34.9 Å². The number of hydrogen-bond acceptors (Lipinski definition) is 4. The standard InChI is InChI=1S/C15H19ClN2O4S/c1-10(17-14(20)11-3-5-12(16)6-4-11)13(19)18-15(2)7-8-23(21,22)9-15/h3-6,10H,7-9H2,1-2H3,(H,17,20)(H,18,19). The third-order valence-electron chi connectivity index (χ3n) is 3.78. The van der Waals surface area contributed by atoms with Crippen molar-refractivity contribution < 1.29 is 18.0 Å². The Hall–Kier alpha value is -1.60. The van der Waals surface area contributed by atoms with Crippen LogP contribution in [0.25, 0.3) is 0 Å². The van der Waals surface area contributed by atoms with Crippen molar-refractivity contribution >= 4 is 33.3 Å². The molecular formula is C15H19ClN2O4S. The zero-order chi connectivity index (χ0) is 17.3. The number of carbonyl (C=O) groups is 2. The Morgan fingerprint density at radius 3 is 2.39 bits per heavy atom. The Morgan fingerprint density at radius 2 is 1.87 bits per heavy atom. The molecule has 1 aromatic carbocycles. The summed E-state index contributed by atoms with van der Waals surface area (Å²) >= 11 is 5.76. The molecular weight excluding hydrogens is 340 g/mol. The molecule has 0 spiro atoms. The molecule has 0 saturated carbocycles. The molecule has 1 aliphatic rings. The van der Waals surface area contributed by atoms with Gasteiger partial charge in [-0.2, -0.15) is 0 Å². The molecule has 6 nitrogen and oxygen atoms in total. The molecule has 0 aliphatic carbocycles. The van der Waals surface area contributed by atoms with Crippen LogP contribution in [-0.2, 0) is 14.6 Å².